The van der Waals surface area contributed by atoms with Crippen molar-refractivity contribution in [3.63, 3.8) is 0 Å². The minimum atomic E-state index is 0.344. The highest BCUT2D eigenvalue weighted by molar-refractivity contribution is 5.56. The van der Waals surface area contributed by atoms with Gasteiger partial charge in [-0.2, -0.15) is 0 Å². The molecular weight excluding hydrogens is 330 g/mol. The lowest BCUT2D eigenvalue weighted by molar-refractivity contribution is -0.881. The Labute approximate surface area is 153 Å². The number of rotatable bonds is 2. The number of methoxy groups -OCH3 is 2. The molecule has 0 amide bonds. The van der Waals surface area contributed by atoms with Gasteiger partial charge in [0.05, 0.1) is 32.2 Å². The van der Waals surface area contributed by atoms with Crippen LogP contribution in [-0.4, -0.2) is 27.6 Å². The highest BCUT2D eigenvalue weighted by Crippen LogP contribution is 2.44. The van der Waals surface area contributed by atoms with Crippen LogP contribution in [0.3, 0.4) is 0 Å². The van der Waals surface area contributed by atoms with Crippen molar-refractivity contribution in [1.82, 2.24) is 0 Å². The second-order valence-electron chi connectivity index (χ2n) is 7.30. The van der Waals surface area contributed by atoms with Crippen LogP contribution in [0, 0.1) is 0 Å². The van der Waals surface area contributed by atoms with E-state index < -0.39 is 0 Å². The van der Waals surface area contributed by atoms with Crippen LogP contribution in [0.15, 0.2) is 46.6 Å². The molecule has 3 heterocycles. The van der Waals surface area contributed by atoms with E-state index in [0.29, 0.717) is 12.7 Å². The standard InChI is InChI=1S/C21H23NO4/c1-12-14-4-5-17(23-2)21(24-3)16(14)10-22-7-6-13-8-18-19(26-11-25-18)9-15(13)20(12)22/h4-5,8,12H,6-7,9-11H2,1-3H3/p+1/t12-/m1/s1. The van der Waals surface area contributed by atoms with Crippen molar-refractivity contribution < 1.29 is 23.8 Å². The molecule has 1 N–H and O–H groups in total. The molecule has 136 valence electrons. The van der Waals surface area contributed by atoms with Gasteiger partial charge in [-0.05, 0) is 30.2 Å². The van der Waals surface area contributed by atoms with Crippen molar-refractivity contribution in [2.75, 3.05) is 27.6 Å². The van der Waals surface area contributed by atoms with Gasteiger partial charge < -0.3 is 23.8 Å². The zero-order valence-corrected chi connectivity index (χ0v) is 15.5. The van der Waals surface area contributed by atoms with Crippen LogP contribution in [0.25, 0.3) is 0 Å². The first kappa shape index (κ1) is 15.8. The largest absolute Gasteiger partial charge is 0.493 e. The van der Waals surface area contributed by atoms with Gasteiger partial charge in [0.2, 0.25) is 6.79 Å². The molecule has 1 unspecified atom stereocenters. The van der Waals surface area contributed by atoms with Gasteiger partial charge in [0.25, 0.3) is 0 Å². The number of hydrogen-bond acceptors (Lipinski definition) is 4. The van der Waals surface area contributed by atoms with Crippen molar-refractivity contribution in [2.24, 2.45) is 0 Å². The van der Waals surface area contributed by atoms with Gasteiger partial charge in [0, 0.05) is 18.4 Å². The zero-order chi connectivity index (χ0) is 17.8. The van der Waals surface area contributed by atoms with E-state index in [1.54, 1.807) is 14.2 Å². The Balaban J connectivity index is 1.63. The minimum absolute atomic E-state index is 0.344. The number of quaternary nitrogens is 1. The monoisotopic (exact) mass is 354 g/mol. The molecule has 1 aromatic carbocycles. The Morgan fingerprint density at radius 3 is 2.85 bits per heavy atom. The molecule has 3 aliphatic heterocycles. The third-order valence-electron chi connectivity index (χ3n) is 6.13. The van der Waals surface area contributed by atoms with Crippen LogP contribution in [0.1, 0.15) is 36.8 Å². The van der Waals surface area contributed by atoms with Crippen molar-refractivity contribution in [3.8, 4) is 11.5 Å². The first-order valence-electron chi connectivity index (χ1n) is 9.22. The second-order valence-corrected chi connectivity index (χ2v) is 7.30. The summed E-state index contributed by atoms with van der Waals surface area (Å²) < 4.78 is 22.5. The maximum absolute atomic E-state index is 5.72. The van der Waals surface area contributed by atoms with Crippen LogP contribution in [0.2, 0.25) is 0 Å². The molecule has 5 nitrogen and oxygen atoms in total. The van der Waals surface area contributed by atoms with E-state index in [-0.39, 0.29) is 0 Å². The molecule has 5 heteroatoms. The summed E-state index contributed by atoms with van der Waals surface area (Å²) in [4.78, 5) is 1.53. The van der Waals surface area contributed by atoms with Gasteiger partial charge in [-0.15, -0.1) is 0 Å². The van der Waals surface area contributed by atoms with Crippen LogP contribution in [-0.2, 0) is 16.0 Å². The Hall–Kier alpha value is -2.40. The topological polar surface area (TPSA) is 41.4 Å². The fraction of sp³-hybridized carbons (Fsp3) is 0.429. The summed E-state index contributed by atoms with van der Waals surface area (Å²) in [5.41, 5.74) is 7.00. The van der Waals surface area contributed by atoms with Crippen LogP contribution in [0.4, 0.5) is 0 Å². The summed E-state index contributed by atoms with van der Waals surface area (Å²) in [6, 6.07) is 4.23. The number of fused-ring (bicyclic) bond motifs is 3. The highest BCUT2D eigenvalue weighted by Gasteiger charge is 2.41. The maximum Gasteiger partial charge on any atom is 0.230 e. The van der Waals surface area contributed by atoms with Crippen LogP contribution >= 0.6 is 0 Å². The molecule has 0 fully saturated rings. The average Bonchev–Trinajstić information content (AvgIpc) is 3.12. The van der Waals surface area contributed by atoms with Gasteiger partial charge in [0.15, 0.2) is 17.3 Å². The van der Waals surface area contributed by atoms with E-state index >= 15 is 0 Å². The summed E-state index contributed by atoms with van der Waals surface area (Å²) in [6.45, 7) is 4.70. The average molecular weight is 354 g/mol. The van der Waals surface area contributed by atoms with Crippen molar-refractivity contribution >= 4 is 0 Å². The van der Waals surface area contributed by atoms with E-state index in [9.17, 15) is 0 Å². The molecule has 5 rings (SSSR count). The smallest absolute Gasteiger partial charge is 0.230 e. The number of allylic oxidation sites excluding steroid dienone is 3. The number of nitrogens with one attached hydrogen (secondary N) is 1. The van der Waals surface area contributed by atoms with Crippen LogP contribution < -0.4 is 14.4 Å². The molecule has 26 heavy (non-hydrogen) atoms. The van der Waals surface area contributed by atoms with Crippen LogP contribution in [0.5, 0.6) is 11.5 Å². The normalized spacial score (nSPS) is 26.0. The lowest BCUT2D eigenvalue weighted by Crippen LogP contribution is -3.11. The molecule has 0 spiro atoms. The SMILES string of the molecule is COc1ccc2c(c1OC)C[NH+]1CCC3=CC4=C(CC3=C1[C@@H]2C)OCO4. The lowest BCUT2D eigenvalue weighted by Gasteiger charge is -2.39. The predicted octanol–water partition coefficient (Wildman–Crippen LogP) is 2.41. The fourth-order valence-electron chi connectivity index (χ4n) is 4.93. The molecule has 1 aromatic rings. The van der Waals surface area contributed by atoms with Crippen molar-refractivity contribution in [3.05, 3.63) is 57.7 Å². The number of hydrogen-bond donors (Lipinski definition) is 1. The maximum atomic E-state index is 5.72. The van der Waals surface area contributed by atoms with Gasteiger partial charge >= 0.3 is 0 Å². The molecule has 0 aromatic heterocycles. The minimum Gasteiger partial charge on any atom is -0.493 e. The van der Waals surface area contributed by atoms with Gasteiger partial charge in [-0.3, -0.25) is 0 Å². The Morgan fingerprint density at radius 2 is 2.04 bits per heavy atom. The molecule has 1 aliphatic carbocycles. The molecule has 4 aliphatic rings. The Kier molecular flexibility index (Phi) is 3.54. The summed E-state index contributed by atoms with van der Waals surface area (Å²) in [7, 11) is 3.43. The molecule has 0 saturated heterocycles. The predicted molar refractivity (Wildman–Crippen MR) is 95.9 cm³/mol. The molecular formula is C21H24NO4+. The quantitative estimate of drug-likeness (QED) is 0.886. The molecule has 0 saturated carbocycles. The molecule has 0 bridgehead atoms. The van der Waals surface area contributed by atoms with Gasteiger partial charge in [-0.25, -0.2) is 0 Å². The van der Waals surface area contributed by atoms with E-state index in [1.165, 1.54) is 32.9 Å². The van der Waals surface area contributed by atoms with E-state index in [1.807, 2.05) is 6.07 Å². The fourth-order valence-corrected chi connectivity index (χ4v) is 4.93. The Morgan fingerprint density at radius 1 is 1.15 bits per heavy atom. The summed E-state index contributed by atoms with van der Waals surface area (Å²) in [6.07, 6.45) is 4.12. The summed E-state index contributed by atoms with van der Waals surface area (Å²) >= 11 is 0. The summed E-state index contributed by atoms with van der Waals surface area (Å²) in [5.74, 6) is 3.97. The van der Waals surface area contributed by atoms with Crippen molar-refractivity contribution in [2.45, 2.75) is 32.2 Å². The molecule has 0 radical (unpaired) electrons. The van der Waals surface area contributed by atoms with Gasteiger partial charge in [0.1, 0.15) is 18.0 Å². The molecule has 2 atom stereocenters. The summed E-state index contributed by atoms with van der Waals surface area (Å²) in [5, 5.41) is 0. The number of ether oxygens (including phenoxy) is 4. The van der Waals surface area contributed by atoms with E-state index in [2.05, 4.69) is 19.1 Å². The van der Waals surface area contributed by atoms with E-state index in [4.69, 9.17) is 18.9 Å². The third-order valence-corrected chi connectivity index (χ3v) is 6.13. The number of benzene rings is 1. The third kappa shape index (κ3) is 2.13. The first-order valence-corrected chi connectivity index (χ1v) is 9.22. The van der Waals surface area contributed by atoms with Gasteiger partial charge in [-0.1, -0.05) is 6.07 Å². The lowest BCUT2D eigenvalue weighted by atomic mass is 9.79. The first-order chi connectivity index (χ1) is 12.7. The highest BCUT2D eigenvalue weighted by atomic mass is 16.7. The Bertz CT molecular complexity index is 880. The zero-order valence-electron chi connectivity index (χ0n) is 15.5. The van der Waals surface area contributed by atoms with E-state index in [0.717, 1.165) is 48.9 Å². The van der Waals surface area contributed by atoms with Crippen molar-refractivity contribution in [1.29, 1.82) is 0 Å². The second kappa shape index (κ2) is 5.81.